The molecule has 4 atom stereocenters. The normalized spacial score (nSPS) is 30.2. The Morgan fingerprint density at radius 3 is 2.79 bits per heavy atom. The molecule has 2 fully saturated rings. The summed E-state index contributed by atoms with van der Waals surface area (Å²) in [6.07, 6.45) is -0.261. The summed E-state index contributed by atoms with van der Waals surface area (Å²) in [4.78, 5) is 11.4. The Bertz CT molecular complexity index is 473. The van der Waals surface area contributed by atoms with E-state index in [1.165, 1.54) is 5.56 Å². The lowest BCUT2D eigenvalue weighted by molar-refractivity contribution is -0.168. The molecule has 4 nitrogen and oxygen atoms in total. The van der Waals surface area contributed by atoms with Gasteiger partial charge < -0.3 is 14.2 Å². The molecule has 0 spiro atoms. The maximum Gasteiger partial charge on any atom is 0.341 e. The van der Waals surface area contributed by atoms with Crippen LogP contribution in [0.25, 0.3) is 0 Å². The molecule has 5 heteroatoms. The fraction of sp³-hybridized carbons (Fsp3) is 0.500. The van der Waals surface area contributed by atoms with Crippen molar-refractivity contribution < 1.29 is 19.0 Å². The van der Waals surface area contributed by atoms with Gasteiger partial charge in [-0.2, -0.15) is 0 Å². The van der Waals surface area contributed by atoms with E-state index in [0.29, 0.717) is 12.3 Å². The Balaban J connectivity index is 1.62. The van der Waals surface area contributed by atoms with Crippen molar-refractivity contribution in [3.63, 3.8) is 0 Å². The van der Waals surface area contributed by atoms with E-state index < -0.39 is 6.29 Å². The number of esters is 1. The van der Waals surface area contributed by atoms with Crippen LogP contribution in [0.4, 0.5) is 0 Å². The molecule has 2 aliphatic heterocycles. The first kappa shape index (κ1) is 13.2. The highest BCUT2D eigenvalue weighted by atomic mass is 127. The minimum atomic E-state index is -0.524. The Morgan fingerprint density at radius 1 is 1.42 bits per heavy atom. The van der Waals surface area contributed by atoms with Crippen LogP contribution in [0.1, 0.15) is 24.8 Å². The zero-order valence-electron chi connectivity index (χ0n) is 10.5. The summed E-state index contributed by atoms with van der Waals surface area (Å²) in [5.74, 6) is 0.945. The van der Waals surface area contributed by atoms with Crippen LogP contribution < -0.4 is 4.74 Å². The molecule has 4 unspecified atom stereocenters. The quantitative estimate of drug-likeness (QED) is 0.352. The van der Waals surface area contributed by atoms with Crippen LogP contribution >= 0.6 is 22.6 Å². The molecule has 1 aromatic carbocycles. The molecule has 102 valence electrons. The van der Waals surface area contributed by atoms with Crippen molar-refractivity contribution in [1.82, 2.24) is 0 Å². The molecular weight excluding hydrogens is 359 g/mol. The van der Waals surface area contributed by atoms with E-state index in [9.17, 15) is 4.79 Å². The molecule has 3 rings (SSSR count). The highest BCUT2D eigenvalue weighted by molar-refractivity contribution is 14.1. The van der Waals surface area contributed by atoms with E-state index in [2.05, 4.69) is 41.6 Å². The number of ether oxygens (including phenoxy) is 3. The summed E-state index contributed by atoms with van der Waals surface area (Å²) in [6.45, 7) is 2.19. The van der Waals surface area contributed by atoms with Crippen LogP contribution in [0.15, 0.2) is 24.3 Å². The molecule has 0 radical (unpaired) electrons. The van der Waals surface area contributed by atoms with Crippen molar-refractivity contribution in [3.8, 4) is 5.75 Å². The van der Waals surface area contributed by atoms with Crippen molar-refractivity contribution >= 4 is 28.6 Å². The fourth-order valence-electron chi connectivity index (χ4n) is 2.15. The highest BCUT2D eigenvalue weighted by Gasteiger charge is 2.53. The van der Waals surface area contributed by atoms with E-state index in [1.807, 2.05) is 12.1 Å². The molecule has 19 heavy (non-hydrogen) atoms. The van der Waals surface area contributed by atoms with Crippen molar-refractivity contribution in [1.29, 1.82) is 0 Å². The fourth-order valence-corrected chi connectivity index (χ4v) is 2.66. The van der Waals surface area contributed by atoms with Gasteiger partial charge in [0.1, 0.15) is 11.9 Å². The number of carbonyl (C=O) groups is 1. The first-order valence-electron chi connectivity index (χ1n) is 6.36. The van der Waals surface area contributed by atoms with Crippen molar-refractivity contribution in [2.75, 3.05) is 4.43 Å². The molecule has 2 heterocycles. The lowest BCUT2D eigenvalue weighted by atomic mass is 10.0. The van der Waals surface area contributed by atoms with Crippen LogP contribution in [0.2, 0.25) is 0 Å². The van der Waals surface area contributed by atoms with Crippen molar-refractivity contribution in [3.05, 3.63) is 29.8 Å². The Kier molecular flexibility index (Phi) is 3.66. The number of benzene rings is 1. The van der Waals surface area contributed by atoms with Crippen LogP contribution in [0, 0.1) is 0 Å². The van der Waals surface area contributed by atoms with Gasteiger partial charge in [0.2, 0.25) is 6.29 Å². The maximum absolute atomic E-state index is 11.4. The Morgan fingerprint density at radius 2 is 2.16 bits per heavy atom. The van der Waals surface area contributed by atoms with E-state index in [0.717, 1.165) is 10.2 Å². The van der Waals surface area contributed by atoms with Gasteiger partial charge in [0.15, 0.2) is 6.10 Å². The third-order valence-electron chi connectivity index (χ3n) is 3.44. The summed E-state index contributed by atoms with van der Waals surface area (Å²) in [6, 6.07) is 7.96. The SMILES string of the molecule is CC(CI)c1ccc(OC2CC3OC3C(=O)O2)cc1. The van der Waals surface area contributed by atoms with E-state index in [4.69, 9.17) is 14.2 Å². The number of halogens is 1. The second-order valence-corrected chi connectivity index (χ2v) is 5.82. The predicted molar refractivity (Wildman–Crippen MR) is 77.5 cm³/mol. The lowest BCUT2D eigenvalue weighted by Gasteiger charge is -2.21. The molecule has 0 amide bonds. The summed E-state index contributed by atoms with van der Waals surface area (Å²) in [7, 11) is 0. The molecule has 0 aromatic heterocycles. The smallest absolute Gasteiger partial charge is 0.341 e. The van der Waals surface area contributed by atoms with Crippen LogP contribution in [0.5, 0.6) is 5.75 Å². The topological polar surface area (TPSA) is 48.1 Å². The predicted octanol–water partition coefficient (Wildman–Crippen LogP) is 2.64. The van der Waals surface area contributed by atoms with E-state index >= 15 is 0 Å². The summed E-state index contributed by atoms with van der Waals surface area (Å²) in [5, 5.41) is 0. The molecule has 2 aliphatic rings. The number of fused-ring (bicyclic) bond motifs is 1. The summed E-state index contributed by atoms with van der Waals surface area (Å²) in [5.41, 5.74) is 1.29. The second kappa shape index (κ2) is 5.28. The number of hydrogen-bond donors (Lipinski definition) is 0. The van der Waals surface area contributed by atoms with Crippen LogP contribution in [0.3, 0.4) is 0 Å². The zero-order valence-corrected chi connectivity index (χ0v) is 12.7. The third-order valence-corrected chi connectivity index (χ3v) is 4.76. The molecule has 0 N–H and O–H groups in total. The number of epoxide rings is 1. The minimum absolute atomic E-state index is 0.00966. The highest BCUT2D eigenvalue weighted by Crippen LogP contribution is 2.34. The molecule has 1 aromatic rings. The number of carbonyl (C=O) groups excluding carboxylic acids is 1. The van der Waals surface area contributed by atoms with Gasteiger partial charge in [-0.25, -0.2) is 4.79 Å². The van der Waals surface area contributed by atoms with Gasteiger partial charge in [0.25, 0.3) is 0 Å². The van der Waals surface area contributed by atoms with Gasteiger partial charge >= 0.3 is 5.97 Å². The number of alkyl halides is 1. The second-order valence-electron chi connectivity index (χ2n) is 4.94. The Labute approximate surface area is 125 Å². The number of rotatable bonds is 4. The van der Waals surface area contributed by atoms with E-state index in [-0.39, 0.29) is 18.2 Å². The lowest BCUT2D eigenvalue weighted by Crippen LogP contribution is -2.33. The molecule has 0 saturated carbocycles. The first-order chi connectivity index (χ1) is 9.17. The largest absolute Gasteiger partial charge is 0.455 e. The molecule has 0 bridgehead atoms. The van der Waals surface area contributed by atoms with Crippen molar-refractivity contribution in [2.24, 2.45) is 0 Å². The Hall–Kier alpha value is -0.820. The van der Waals surface area contributed by atoms with Crippen molar-refractivity contribution in [2.45, 2.75) is 37.8 Å². The average Bonchev–Trinajstić information content (AvgIpc) is 3.18. The molecule has 2 saturated heterocycles. The average molecular weight is 374 g/mol. The van der Waals surface area contributed by atoms with Gasteiger partial charge in [0, 0.05) is 4.43 Å². The van der Waals surface area contributed by atoms with Gasteiger partial charge in [-0.05, 0) is 23.6 Å². The maximum atomic E-state index is 11.4. The first-order valence-corrected chi connectivity index (χ1v) is 7.88. The zero-order chi connectivity index (χ0) is 13.4. The molecular formula is C14H15IO4. The summed E-state index contributed by atoms with van der Waals surface area (Å²) >= 11 is 2.38. The summed E-state index contributed by atoms with van der Waals surface area (Å²) < 4.78 is 17.1. The van der Waals surface area contributed by atoms with Gasteiger partial charge in [0.05, 0.1) is 6.42 Å². The van der Waals surface area contributed by atoms with E-state index in [1.54, 1.807) is 0 Å². The minimum Gasteiger partial charge on any atom is -0.455 e. The number of hydrogen-bond acceptors (Lipinski definition) is 4. The monoisotopic (exact) mass is 374 g/mol. The van der Waals surface area contributed by atoms with Crippen LogP contribution in [-0.2, 0) is 14.3 Å². The standard InChI is InChI=1S/C14H15IO4/c1-8(7-15)9-2-4-10(5-3-9)17-12-6-11-13(18-11)14(16)19-12/h2-5,8,11-13H,6-7H2,1H3. The van der Waals surface area contributed by atoms with Crippen LogP contribution in [-0.4, -0.2) is 28.9 Å². The third kappa shape index (κ3) is 2.86. The van der Waals surface area contributed by atoms with Gasteiger partial charge in [-0.15, -0.1) is 0 Å². The van der Waals surface area contributed by atoms with Gasteiger partial charge in [-0.1, -0.05) is 41.6 Å². The number of cyclic esters (lactones) is 1. The van der Waals surface area contributed by atoms with Gasteiger partial charge in [-0.3, -0.25) is 0 Å². The molecule has 0 aliphatic carbocycles.